The summed E-state index contributed by atoms with van der Waals surface area (Å²) in [4.78, 5) is 28.5. The third kappa shape index (κ3) is 4.70. The summed E-state index contributed by atoms with van der Waals surface area (Å²) in [6.07, 6.45) is 5.78. The smallest absolute Gasteiger partial charge is 0.225 e. The second-order valence-electron chi connectivity index (χ2n) is 7.61. The van der Waals surface area contributed by atoms with Crippen molar-refractivity contribution in [1.29, 1.82) is 0 Å². The van der Waals surface area contributed by atoms with Gasteiger partial charge in [0, 0.05) is 50.6 Å². The molecule has 1 aliphatic carbocycles. The second kappa shape index (κ2) is 7.44. The highest BCUT2D eigenvalue weighted by Gasteiger charge is 2.28. The largest absolute Gasteiger partial charge is 0.355 e. The molecule has 1 N–H and O–H groups in total. The first-order valence-electron chi connectivity index (χ1n) is 8.68. The van der Waals surface area contributed by atoms with E-state index in [0.717, 1.165) is 32.2 Å². The van der Waals surface area contributed by atoms with Crippen molar-refractivity contribution in [3.8, 4) is 0 Å². The molecule has 5 heteroatoms. The lowest BCUT2D eigenvalue weighted by atomic mass is 9.96. The molecule has 0 unspecified atom stereocenters. The fourth-order valence-electron chi connectivity index (χ4n) is 3.31. The Kier molecular flexibility index (Phi) is 5.84. The average molecular weight is 309 g/mol. The summed E-state index contributed by atoms with van der Waals surface area (Å²) in [5.74, 6) is 0.173. The molecule has 2 amide bonds. The van der Waals surface area contributed by atoms with E-state index < -0.39 is 5.41 Å². The van der Waals surface area contributed by atoms with E-state index in [4.69, 9.17) is 0 Å². The van der Waals surface area contributed by atoms with E-state index in [-0.39, 0.29) is 11.8 Å². The van der Waals surface area contributed by atoms with Crippen molar-refractivity contribution in [3.63, 3.8) is 0 Å². The minimum atomic E-state index is -0.393. The molecule has 0 aromatic heterocycles. The molecular weight excluding hydrogens is 278 g/mol. The van der Waals surface area contributed by atoms with Gasteiger partial charge in [-0.05, 0) is 12.8 Å². The van der Waals surface area contributed by atoms with E-state index in [0.29, 0.717) is 13.0 Å². The van der Waals surface area contributed by atoms with Crippen molar-refractivity contribution >= 4 is 11.8 Å². The molecule has 22 heavy (non-hydrogen) atoms. The van der Waals surface area contributed by atoms with Crippen LogP contribution in [0, 0.1) is 5.41 Å². The number of nitrogens with one attached hydrogen (secondary N) is 1. The summed E-state index contributed by atoms with van der Waals surface area (Å²) < 4.78 is 0. The molecule has 5 nitrogen and oxygen atoms in total. The van der Waals surface area contributed by atoms with Crippen LogP contribution in [0.3, 0.4) is 0 Å². The van der Waals surface area contributed by atoms with Gasteiger partial charge in [0.25, 0.3) is 0 Å². The maximum Gasteiger partial charge on any atom is 0.225 e. The summed E-state index contributed by atoms with van der Waals surface area (Å²) in [5.41, 5.74) is -0.393. The second-order valence-corrected chi connectivity index (χ2v) is 7.61. The highest BCUT2D eigenvalue weighted by molar-refractivity contribution is 5.82. The Morgan fingerprint density at radius 1 is 1.05 bits per heavy atom. The van der Waals surface area contributed by atoms with Crippen LogP contribution in [0.15, 0.2) is 0 Å². The van der Waals surface area contributed by atoms with Gasteiger partial charge in [-0.3, -0.25) is 14.5 Å². The molecule has 1 aliphatic heterocycles. The molecule has 0 aromatic rings. The molecule has 1 heterocycles. The zero-order chi connectivity index (χ0) is 16.2. The number of amides is 2. The average Bonchev–Trinajstić information content (AvgIpc) is 3.00. The maximum atomic E-state index is 12.2. The van der Waals surface area contributed by atoms with Crippen LogP contribution in [-0.4, -0.2) is 60.4 Å². The highest BCUT2D eigenvalue weighted by atomic mass is 16.2. The fraction of sp³-hybridized carbons (Fsp3) is 0.882. The molecule has 2 aliphatic rings. The molecule has 2 fully saturated rings. The van der Waals surface area contributed by atoms with Crippen molar-refractivity contribution in [3.05, 3.63) is 0 Å². The summed E-state index contributed by atoms with van der Waals surface area (Å²) in [7, 11) is 0. The van der Waals surface area contributed by atoms with Crippen molar-refractivity contribution in [2.75, 3.05) is 32.7 Å². The van der Waals surface area contributed by atoms with E-state index >= 15 is 0 Å². The van der Waals surface area contributed by atoms with Crippen LogP contribution < -0.4 is 5.32 Å². The molecule has 126 valence electrons. The molecule has 0 aromatic carbocycles. The van der Waals surface area contributed by atoms with Gasteiger partial charge < -0.3 is 10.2 Å². The maximum absolute atomic E-state index is 12.2. The van der Waals surface area contributed by atoms with Gasteiger partial charge in [-0.1, -0.05) is 33.6 Å². The van der Waals surface area contributed by atoms with Crippen molar-refractivity contribution in [2.45, 2.75) is 58.9 Å². The molecule has 0 atom stereocenters. The van der Waals surface area contributed by atoms with Crippen molar-refractivity contribution < 1.29 is 9.59 Å². The minimum absolute atomic E-state index is 0.00588. The molecular formula is C17H31N3O2. The Bertz CT molecular complexity index is 389. The summed E-state index contributed by atoms with van der Waals surface area (Å²) in [5, 5.41) is 2.85. The Labute approximate surface area is 134 Å². The SMILES string of the molecule is CC(C)(C)C(=O)NCCC(=O)N1CCN(C2CCCC2)CC1. The predicted molar refractivity (Wildman–Crippen MR) is 87.5 cm³/mol. The Hall–Kier alpha value is -1.10. The number of hydrogen-bond donors (Lipinski definition) is 1. The van der Waals surface area contributed by atoms with E-state index in [1.54, 1.807) is 0 Å². The number of piperazine rings is 1. The fourth-order valence-corrected chi connectivity index (χ4v) is 3.31. The van der Waals surface area contributed by atoms with Gasteiger partial charge in [0.1, 0.15) is 0 Å². The molecule has 1 saturated carbocycles. The van der Waals surface area contributed by atoms with Gasteiger partial charge in [0.05, 0.1) is 0 Å². The van der Waals surface area contributed by atoms with Crippen LogP contribution in [-0.2, 0) is 9.59 Å². The third-order valence-electron chi connectivity index (χ3n) is 4.81. The van der Waals surface area contributed by atoms with E-state index in [1.165, 1.54) is 25.7 Å². The van der Waals surface area contributed by atoms with Crippen LogP contribution in [0.5, 0.6) is 0 Å². The highest BCUT2D eigenvalue weighted by Crippen LogP contribution is 2.24. The first-order chi connectivity index (χ1) is 10.4. The summed E-state index contributed by atoms with van der Waals surface area (Å²) >= 11 is 0. The van der Waals surface area contributed by atoms with E-state index in [1.807, 2.05) is 25.7 Å². The van der Waals surface area contributed by atoms with Gasteiger partial charge in [-0.25, -0.2) is 0 Å². The van der Waals surface area contributed by atoms with Gasteiger partial charge in [0.15, 0.2) is 0 Å². The first kappa shape index (κ1) is 17.3. The third-order valence-corrected chi connectivity index (χ3v) is 4.81. The van der Waals surface area contributed by atoms with E-state index in [9.17, 15) is 9.59 Å². The van der Waals surface area contributed by atoms with Crippen LogP contribution in [0.1, 0.15) is 52.9 Å². The zero-order valence-electron chi connectivity index (χ0n) is 14.4. The van der Waals surface area contributed by atoms with Gasteiger partial charge in [0.2, 0.25) is 11.8 Å². The van der Waals surface area contributed by atoms with Crippen LogP contribution >= 0.6 is 0 Å². The lowest BCUT2D eigenvalue weighted by Gasteiger charge is -2.38. The quantitative estimate of drug-likeness (QED) is 0.859. The number of rotatable bonds is 4. The van der Waals surface area contributed by atoms with Gasteiger partial charge in [-0.2, -0.15) is 0 Å². The monoisotopic (exact) mass is 309 g/mol. The Balaban J connectivity index is 1.66. The normalized spacial score (nSPS) is 21.1. The first-order valence-corrected chi connectivity index (χ1v) is 8.68. The number of carbonyl (C=O) groups excluding carboxylic acids is 2. The molecule has 0 spiro atoms. The van der Waals surface area contributed by atoms with Gasteiger partial charge >= 0.3 is 0 Å². The standard InChI is InChI=1S/C17H31N3O2/c1-17(2,3)16(22)18-9-8-15(21)20-12-10-19(11-13-20)14-6-4-5-7-14/h14H,4-13H2,1-3H3,(H,18,22). The lowest BCUT2D eigenvalue weighted by molar-refractivity contribution is -0.133. The summed E-state index contributed by atoms with van der Waals surface area (Å²) in [6.45, 7) is 9.77. The predicted octanol–water partition coefficient (Wildman–Crippen LogP) is 1.63. The van der Waals surface area contributed by atoms with Crippen LogP contribution in [0.25, 0.3) is 0 Å². The van der Waals surface area contributed by atoms with Gasteiger partial charge in [-0.15, -0.1) is 0 Å². The van der Waals surface area contributed by atoms with Crippen LogP contribution in [0.4, 0.5) is 0 Å². The number of hydrogen-bond acceptors (Lipinski definition) is 3. The topological polar surface area (TPSA) is 52.7 Å². The number of nitrogens with zero attached hydrogens (tertiary/aromatic N) is 2. The summed E-state index contributed by atoms with van der Waals surface area (Å²) in [6, 6.07) is 0.753. The van der Waals surface area contributed by atoms with Crippen molar-refractivity contribution in [1.82, 2.24) is 15.1 Å². The zero-order valence-corrected chi connectivity index (χ0v) is 14.4. The van der Waals surface area contributed by atoms with E-state index in [2.05, 4.69) is 10.2 Å². The Morgan fingerprint density at radius 3 is 2.18 bits per heavy atom. The molecule has 2 rings (SSSR count). The number of carbonyl (C=O) groups is 2. The minimum Gasteiger partial charge on any atom is -0.355 e. The molecule has 1 saturated heterocycles. The Morgan fingerprint density at radius 2 is 1.64 bits per heavy atom. The van der Waals surface area contributed by atoms with Crippen molar-refractivity contribution in [2.24, 2.45) is 5.41 Å². The lowest BCUT2D eigenvalue weighted by Crippen LogP contribution is -2.51. The molecule has 0 radical (unpaired) electrons. The molecule has 0 bridgehead atoms. The van der Waals surface area contributed by atoms with Crippen LogP contribution in [0.2, 0.25) is 0 Å².